The van der Waals surface area contributed by atoms with Crippen molar-refractivity contribution in [3.8, 4) is 0 Å². The van der Waals surface area contributed by atoms with Gasteiger partial charge >= 0.3 is 0 Å². The number of fused-ring (bicyclic) bond motifs is 3. The fraction of sp³-hybridized carbons (Fsp3) is 0.333. The summed E-state index contributed by atoms with van der Waals surface area (Å²) >= 11 is 0. The molecule has 0 saturated carbocycles. The molecule has 4 aliphatic rings. The molecule has 1 saturated heterocycles. The highest BCUT2D eigenvalue weighted by atomic mass is 16.2. The maximum Gasteiger partial charge on any atom is 0.261 e. The van der Waals surface area contributed by atoms with Gasteiger partial charge in [-0.15, -0.1) is 0 Å². The molecule has 0 radical (unpaired) electrons. The average molecular weight is 1340 g/mol. The molecule has 18 nitrogen and oxygen atoms in total. The van der Waals surface area contributed by atoms with Gasteiger partial charge in [-0.25, -0.2) is 0 Å². The number of carbonyl (C=O) groups excluding carboxylic acids is 10. The minimum atomic E-state index is -0.593. The number of nitrogens with one attached hydrogen (secondary N) is 3. The van der Waals surface area contributed by atoms with Gasteiger partial charge in [0.1, 0.15) is 0 Å². The van der Waals surface area contributed by atoms with Gasteiger partial charge in [0.2, 0.25) is 17.7 Å². The lowest BCUT2D eigenvalue weighted by molar-refractivity contribution is -0.129. The molecule has 12 rings (SSSR count). The zero-order chi connectivity index (χ0) is 72.9. The summed E-state index contributed by atoms with van der Waals surface area (Å²) in [6, 6.07) is 56.7. The van der Waals surface area contributed by atoms with E-state index < -0.39 is 5.91 Å². The SMILES string of the molecule is CC(C)N1C(=O)c2cc3ccccc3cc2C1=O.CC(C)N1C(=O)c2cccc3cccc(c23)C1=O.CC(C)N1Cc2ccccc2C1=O.CC(C)NC(=O)Cc1ccccc1.CC(C)NC(=O)c1ccccc1.CC(C)NC(=O)c1ccccc1C(N)=O.CC1CC(=O)N(C(C)C)C1. The van der Waals surface area contributed by atoms with E-state index in [1.807, 2.05) is 226 Å². The lowest BCUT2D eigenvalue weighted by atomic mass is 9.93. The van der Waals surface area contributed by atoms with Gasteiger partial charge < -0.3 is 31.5 Å². The molecule has 0 aliphatic carbocycles. The molecule has 1 unspecified atom stereocenters. The van der Waals surface area contributed by atoms with Crippen molar-refractivity contribution in [2.24, 2.45) is 11.7 Å². The van der Waals surface area contributed by atoms with Crippen LogP contribution in [0.2, 0.25) is 0 Å². The second-order valence-corrected chi connectivity index (χ2v) is 26.7. The third-order valence-electron chi connectivity index (χ3n) is 16.0. The Morgan fingerprint density at radius 1 is 0.424 bits per heavy atom. The number of hydrogen-bond donors (Lipinski definition) is 4. The van der Waals surface area contributed by atoms with Gasteiger partial charge in [0.05, 0.1) is 28.7 Å². The van der Waals surface area contributed by atoms with Crippen LogP contribution in [-0.2, 0) is 22.6 Å². The van der Waals surface area contributed by atoms with E-state index in [2.05, 4.69) is 36.7 Å². The van der Waals surface area contributed by atoms with Crippen molar-refractivity contribution in [2.75, 3.05) is 6.54 Å². The Morgan fingerprint density at radius 3 is 1.27 bits per heavy atom. The lowest BCUT2D eigenvalue weighted by Crippen LogP contribution is -2.44. The van der Waals surface area contributed by atoms with Crippen LogP contribution in [-0.4, -0.2) is 128 Å². The number of benzene rings is 8. The third kappa shape index (κ3) is 20.9. The van der Waals surface area contributed by atoms with E-state index in [0.717, 1.165) is 57.7 Å². The molecule has 1 fully saturated rings. The van der Waals surface area contributed by atoms with E-state index in [9.17, 15) is 47.9 Å². The molecule has 520 valence electrons. The number of nitrogens with zero attached hydrogens (tertiary/aromatic N) is 4. The minimum absolute atomic E-state index is 0.00870. The first-order chi connectivity index (χ1) is 46.9. The Morgan fingerprint density at radius 2 is 0.838 bits per heavy atom. The summed E-state index contributed by atoms with van der Waals surface area (Å²) in [5.74, 6) is -0.496. The Kier molecular flexibility index (Phi) is 28.2. The Bertz CT molecular complexity index is 4080. The third-order valence-corrected chi connectivity index (χ3v) is 16.0. The number of primary amides is 1. The first kappa shape index (κ1) is 77.4. The maximum atomic E-state index is 12.4. The number of carbonyl (C=O) groups is 10. The highest BCUT2D eigenvalue weighted by molar-refractivity contribution is 6.26. The van der Waals surface area contributed by atoms with Crippen molar-refractivity contribution in [3.05, 3.63) is 238 Å². The molecule has 8 aromatic carbocycles. The summed E-state index contributed by atoms with van der Waals surface area (Å²) in [4.78, 5) is 124. The number of hydrogen-bond acceptors (Lipinski definition) is 10. The van der Waals surface area contributed by atoms with Gasteiger partial charge in [-0.1, -0.05) is 134 Å². The van der Waals surface area contributed by atoms with Crippen molar-refractivity contribution in [1.82, 2.24) is 35.6 Å². The molecule has 0 bridgehead atoms. The maximum absolute atomic E-state index is 12.4. The van der Waals surface area contributed by atoms with E-state index in [0.29, 0.717) is 63.7 Å². The molecule has 8 aromatic rings. The molecule has 0 spiro atoms. The second kappa shape index (κ2) is 36.1. The monoisotopic (exact) mass is 1340 g/mol. The standard InChI is InChI=1S/2C15H13NO2.C11H14N2O2.C11H13NO.C11H15NO.C10H13NO.C8H15NO/c1-9(2)16-14(17)11-7-3-5-10-6-4-8-12(13(10)11)15(16)18;1-9(2)16-14(17)12-7-10-5-3-4-6-11(10)8-13(12)15(16)18;1-7(2)13-11(15)9-6-4-3-5-8(9)10(12)14;1-8(2)12-7-9-5-3-4-6-10(9)11(12)13;1-9(2)12-11(13)8-10-6-4-3-5-7-10;1-8(2)11-10(12)9-6-4-3-5-7-9;1-6(2)9-5-7(3)4-8(9)10/h2*3-9H,1-2H3;3-7H,1-2H3,(H2,12,14)(H,13,15);3-6,8H,7H2,1-2H3;3-7,9H,8H2,1-2H3,(H,12,13);3-8H,1-2H3,(H,11,12);6-7H,4-5H2,1-3H3. The summed E-state index contributed by atoms with van der Waals surface area (Å²) in [6.07, 6.45) is 1.22. The zero-order valence-corrected chi connectivity index (χ0v) is 59.7. The second-order valence-electron chi connectivity index (χ2n) is 26.7. The van der Waals surface area contributed by atoms with E-state index in [1.54, 1.807) is 42.5 Å². The quantitative estimate of drug-likeness (QED) is 0.0843. The van der Waals surface area contributed by atoms with Gasteiger partial charge in [-0.2, -0.15) is 0 Å². The number of amides is 10. The smallest absolute Gasteiger partial charge is 0.261 e. The van der Waals surface area contributed by atoms with Crippen LogP contribution in [0.4, 0.5) is 0 Å². The van der Waals surface area contributed by atoms with E-state index in [4.69, 9.17) is 5.73 Å². The molecule has 10 amide bonds. The lowest BCUT2D eigenvalue weighted by Gasteiger charge is -2.30. The molecular formula is C81H96N8O10. The predicted molar refractivity (Wildman–Crippen MR) is 391 cm³/mol. The fourth-order valence-electron chi connectivity index (χ4n) is 11.4. The fourth-order valence-corrected chi connectivity index (χ4v) is 11.4. The molecule has 99 heavy (non-hydrogen) atoms. The molecule has 4 aliphatic heterocycles. The Balaban J connectivity index is 0.000000184. The highest BCUT2D eigenvalue weighted by Gasteiger charge is 2.38. The molecule has 4 heterocycles. The molecule has 1 atom stereocenters. The number of rotatable bonds is 12. The minimum Gasteiger partial charge on any atom is -0.366 e. The van der Waals surface area contributed by atoms with E-state index in [-0.39, 0.29) is 83.0 Å². The summed E-state index contributed by atoms with van der Waals surface area (Å²) < 4.78 is 0. The normalized spacial score (nSPS) is 14.1. The van der Waals surface area contributed by atoms with Crippen LogP contribution in [0.5, 0.6) is 0 Å². The Hall–Kier alpha value is -10.6. The van der Waals surface area contributed by atoms with Crippen molar-refractivity contribution in [1.29, 1.82) is 0 Å². The summed E-state index contributed by atoms with van der Waals surface area (Å²) in [5.41, 5.74) is 11.8. The van der Waals surface area contributed by atoms with Crippen molar-refractivity contribution >= 4 is 80.6 Å². The predicted octanol–water partition coefficient (Wildman–Crippen LogP) is 13.5. The van der Waals surface area contributed by atoms with Crippen LogP contribution >= 0.6 is 0 Å². The van der Waals surface area contributed by atoms with Crippen LogP contribution in [0, 0.1) is 5.92 Å². The molecular weight excluding hydrogens is 1240 g/mol. The van der Waals surface area contributed by atoms with Crippen molar-refractivity contribution in [3.63, 3.8) is 0 Å². The largest absolute Gasteiger partial charge is 0.366 e. The molecule has 18 heteroatoms. The molecule has 5 N–H and O–H groups in total. The van der Waals surface area contributed by atoms with Gasteiger partial charge in [-0.3, -0.25) is 57.7 Å². The van der Waals surface area contributed by atoms with E-state index >= 15 is 0 Å². The topological polar surface area (TPSA) is 246 Å². The van der Waals surface area contributed by atoms with Crippen LogP contribution in [0.25, 0.3) is 21.5 Å². The Labute approximate surface area is 582 Å². The van der Waals surface area contributed by atoms with Crippen molar-refractivity contribution in [2.45, 2.75) is 166 Å². The summed E-state index contributed by atoms with van der Waals surface area (Å²) in [5, 5.41) is 12.1. The number of likely N-dealkylation sites (tertiary alicyclic amines) is 1. The van der Waals surface area contributed by atoms with Gasteiger partial charge in [-0.05, 0) is 185 Å². The first-order valence-electron chi connectivity index (χ1n) is 33.8. The van der Waals surface area contributed by atoms with E-state index in [1.165, 1.54) is 15.9 Å². The van der Waals surface area contributed by atoms with Crippen LogP contribution < -0.4 is 21.7 Å². The van der Waals surface area contributed by atoms with Gasteiger partial charge in [0.25, 0.3) is 41.4 Å². The van der Waals surface area contributed by atoms with Crippen molar-refractivity contribution < 1.29 is 47.9 Å². The molecule has 0 aromatic heterocycles. The number of nitrogens with two attached hydrogens (primary N) is 1. The first-order valence-corrected chi connectivity index (χ1v) is 33.8. The summed E-state index contributed by atoms with van der Waals surface area (Å²) in [6.45, 7) is 31.0. The average Bonchev–Trinajstić information content (AvgIpc) is 1.28. The highest BCUT2D eigenvalue weighted by Crippen LogP contribution is 2.32. The number of imide groups is 2. The van der Waals surface area contributed by atoms with Gasteiger partial charge in [0, 0.05) is 89.4 Å². The zero-order valence-electron chi connectivity index (χ0n) is 59.7. The van der Waals surface area contributed by atoms with Gasteiger partial charge in [0.15, 0.2) is 0 Å². The van der Waals surface area contributed by atoms with Crippen LogP contribution in [0.1, 0.15) is 204 Å². The van der Waals surface area contributed by atoms with Crippen LogP contribution in [0.15, 0.2) is 182 Å². The van der Waals surface area contributed by atoms with Crippen LogP contribution in [0.3, 0.4) is 0 Å². The summed E-state index contributed by atoms with van der Waals surface area (Å²) in [7, 11) is 0.